The maximum absolute atomic E-state index is 10.9. The van der Waals surface area contributed by atoms with Gasteiger partial charge in [-0.15, -0.1) is 0 Å². The molecule has 0 radical (unpaired) electrons. The van der Waals surface area contributed by atoms with Crippen molar-refractivity contribution in [2.75, 3.05) is 11.9 Å². The van der Waals surface area contributed by atoms with Gasteiger partial charge >= 0.3 is 11.9 Å². The summed E-state index contributed by atoms with van der Waals surface area (Å²) in [6.45, 7) is 4.26. The smallest absolute Gasteiger partial charge is 0.326 e. The third-order valence-electron chi connectivity index (χ3n) is 2.49. The highest BCUT2D eigenvalue weighted by Gasteiger charge is 2.20. The third kappa shape index (κ3) is 4.50. The molecule has 0 aromatic heterocycles. The molecule has 0 aliphatic carbocycles. The second-order valence-corrected chi connectivity index (χ2v) is 4.05. The number of aryl methyl sites for hydroxylation is 1. The minimum Gasteiger partial charge on any atom is -0.494 e. The lowest BCUT2D eigenvalue weighted by Gasteiger charge is -2.15. The lowest BCUT2D eigenvalue weighted by Crippen LogP contribution is -2.31. The van der Waals surface area contributed by atoms with Crippen LogP contribution >= 0.6 is 0 Å². The quantitative estimate of drug-likeness (QED) is 0.696. The molecule has 19 heavy (non-hydrogen) atoms. The highest BCUT2D eigenvalue weighted by molar-refractivity contribution is 5.83. The van der Waals surface area contributed by atoms with E-state index in [1.165, 1.54) is 0 Å². The van der Waals surface area contributed by atoms with Crippen LogP contribution < -0.4 is 10.1 Å². The van der Waals surface area contributed by atoms with E-state index in [0.29, 0.717) is 12.3 Å². The first-order chi connectivity index (χ1) is 8.93. The normalized spacial score (nSPS) is 11.7. The number of rotatable bonds is 7. The zero-order chi connectivity index (χ0) is 14.4. The number of aliphatic carboxylic acids is 2. The van der Waals surface area contributed by atoms with Gasteiger partial charge in [-0.3, -0.25) is 4.79 Å². The number of ether oxygens (including phenoxy) is 1. The molecule has 0 aliphatic rings. The van der Waals surface area contributed by atoms with Crippen LogP contribution in [0, 0.1) is 6.92 Å². The van der Waals surface area contributed by atoms with E-state index < -0.39 is 24.4 Å². The van der Waals surface area contributed by atoms with E-state index >= 15 is 0 Å². The van der Waals surface area contributed by atoms with Crippen LogP contribution in [0.25, 0.3) is 0 Å². The van der Waals surface area contributed by atoms with E-state index in [1.807, 2.05) is 13.8 Å². The maximum atomic E-state index is 10.9. The van der Waals surface area contributed by atoms with Gasteiger partial charge in [-0.05, 0) is 37.6 Å². The molecule has 0 amide bonds. The standard InChI is InChI=1S/C13H17NO5/c1-3-19-11-5-4-9(6-8(11)2)14-10(13(17)18)7-12(15)16/h4-6,10,14H,3,7H2,1-2H3,(H,15,16)(H,17,18). The number of carboxylic acid groups (broad SMARTS) is 2. The lowest BCUT2D eigenvalue weighted by atomic mass is 10.1. The Morgan fingerprint density at radius 1 is 1.37 bits per heavy atom. The predicted octanol–water partition coefficient (Wildman–Crippen LogP) is 1.73. The van der Waals surface area contributed by atoms with Crippen molar-refractivity contribution < 1.29 is 24.5 Å². The molecule has 1 aromatic carbocycles. The summed E-state index contributed by atoms with van der Waals surface area (Å²) in [5.41, 5.74) is 1.40. The zero-order valence-corrected chi connectivity index (χ0v) is 10.8. The summed E-state index contributed by atoms with van der Waals surface area (Å²) in [4.78, 5) is 21.5. The number of benzene rings is 1. The van der Waals surface area contributed by atoms with E-state index in [9.17, 15) is 9.59 Å². The Labute approximate surface area is 111 Å². The molecule has 1 atom stereocenters. The van der Waals surface area contributed by atoms with Crippen LogP contribution in [0.1, 0.15) is 18.9 Å². The number of carbonyl (C=O) groups is 2. The molecule has 0 aliphatic heterocycles. The molecule has 104 valence electrons. The summed E-state index contributed by atoms with van der Waals surface area (Å²) in [5, 5.41) is 20.3. The second kappa shape index (κ2) is 6.63. The van der Waals surface area contributed by atoms with Crippen LogP contribution in [0.15, 0.2) is 18.2 Å². The van der Waals surface area contributed by atoms with Crippen LogP contribution in [-0.2, 0) is 9.59 Å². The molecular weight excluding hydrogens is 250 g/mol. The van der Waals surface area contributed by atoms with Crippen LogP contribution in [0.5, 0.6) is 5.75 Å². The SMILES string of the molecule is CCOc1ccc(NC(CC(=O)O)C(=O)O)cc1C. The van der Waals surface area contributed by atoms with Gasteiger partial charge in [-0.1, -0.05) is 0 Å². The average molecular weight is 267 g/mol. The van der Waals surface area contributed by atoms with E-state index in [0.717, 1.165) is 11.3 Å². The topological polar surface area (TPSA) is 95.9 Å². The van der Waals surface area contributed by atoms with Crippen LogP contribution in [0.3, 0.4) is 0 Å². The van der Waals surface area contributed by atoms with Crippen molar-refractivity contribution in [3.8, 4) is 5.75 Å². The first-order valence-corrected chi connectivity index (χ1v) is 5.88. The third-order valence-corrected chi connectivity index (χ3v) is 2.49. The summed E-state index contributed by atoms with van der Waals surface area (Å²) in [6.07, 6.45) is -0.485. The van der Waals surface area contributed by atoms with Gasteiger partial charge in [0.15, 0.2) is 0 Å². The van der Waals surface area contributed by atoms with Crippen molar-refractivity contribution >= 4 is 17.6 Å². The van der Waals surface area contributed by atoms with Gasteiger partial charge in [0.1, 0.15) is 11.8 Å². The molecule has 0 saturated heterocycles. The molecule has 0 spiro atoms. The first kappa shape index (κ1) is 14.8. The molecule has 6 heteroatoms. The number of carboxylic acids is 2. The molecule has 0 bridgehead atoms. The van der Waals surface area contributed by atoms with Gasteiger partial charge in [-0.2, -0.15) is 0 Å². The Balaban J connectivity index is 2.82. The fourth-order valence-electron chi connectivity index (χ4n) is 1.63. The van der Waals surface area contributed by atoms with Gasteiger partial charge in [0.2, 0.25) is 0 Å². The molecule has 1 aromatic rings. The Morgan fingerprint density at radius 3 is 2.53 bits per heavy atom. The minimum absolute atomic E-state index is 0.485. The lowest BCUT2D eigenvalue weighted by molar-refractivity contribution is -0.144. The van der Waals surface area contributed by atoms with Gasteiger partial charge in [0.25, 0.3) is 0 Å². The number of nitrogens with one attached hydrogen (secondary N) is 1. The van der Waals surface area contributed by atoms with Crippen molar-refractivity contribution in [1.29, 1.82) is 0 Å². The molecule has 6 nitrogen and oxygen atoms in total. The largest absolute Gasteiger partial charge is 0.494 e. The molecule has 0 saturated carbocycles. The van der Waals surface area contributed by atoms with E-state index in [4.69, 9.17) is 14.9 Å². The summed E-state index contributed by atoms with van der Waals surface area (Å²) < 4.78 is 5.37. The molecule has 1 rings (SSSR count). The Kier molecular flexibility index (Phi) is 5.17. The molecule has 1 unspecified atom stereocenters. The molecule has 0 heterocycles. The Hall–Kier alpha value is -2.24. The van der Waals surface area contributed by atoms with Crippen LogP contribution in [0.2, 0.25) is 0 Å². The fourth-order valence-corrected chi connectivity index (χ4v) is 1.63. The van der Waals surface area contributed by atoms with E-state index in [-0.39, 0.29) is 0 Å². The highest BCUT2D eigenvalue weighted by Crippen LogP contribution is 2.22. The van der Waals surface area contributed by atoms with Crippen molar-refractivity contribution in [2.24, 2.45) is 0 Å². The summed E-state index contributed by atoms with van der Waals surface area (Å²) in [5.74, 6) is -1.64. The van der Waals surface area contributed by atoms with Gasteiger partial charge in [-0.25, -0.2) is 4.79 Å². The predicted molar refractivity (Wildman–Crippen MR) is 69.6 cm³/mol. The van der Waals surface area contributed by atoms with Crippen molar-refractivity contribution in [3.05, 3.63) is 23.8 Å². The Bertz CT molecular complexity index is 472. The maximum Gasteiger partial charge on any atom is 0.326 e. The van der Waals surface area contributed by atoms with E-state index in [1.54, 1.807) is 18.2 Å². The van der Waals surface area contributed by atoms with Gasteiger partial charge in [0.05, 0.1) is 13.0 Å². The van der Waals surface area contributed by atoms with Crippen LogP contribution in [-0.4, -0.2) is 34.8 Å². The fraction of sp³-hybridized carbons (Fsp3) is 0.385. The number of hydrogen-bond donors (Lipinski definition) is 3. The number of anilines is 1. The average Bonchev–Trinajstić information content (AvgIpc) is 2.31. The molecule has 3 N–H and O–H groups in total. The Morgan fingerprint density at radius 2 is 2.05 bits per heavy atom. The van der Waals surface area contributed by atoms with Crippen LogP contribution in [0.4, 0.5) is 5.69 Å². The molecule has 0 fully saturated rings. The first-order valence-electron chi connectivity index (χ1n) is 5.88. The number of hydrogen-bond acceptors (Lipinski definition) is 4. The van der Waals surface area contributed by atoms with Crippen molar-refractivity contribution in [1.82, 2.24) is 0 Å². The second-order valence-electron chi connectivity index (χ2n) is 4.05. The zero-order valence-electron chi connectivity index (χ0n) is 10.8. The van der Waals surface area contributed by atoms with Gasteiger partial charge in [0, 0.05) is 5.69 Å². The van der Waals surface area contributed by atoms with Crippen molar-refractivity contribution in [3.63, 3.8) is 0 Å². The highest BCUT2D eigenvalue weighted by atomic mass is 16.5. The minimum atomic E-state index is -1.20. The molecular formula is C13H17NO5. The summed E-state index contributed by atoms with van der Waals surface area (Å²) in [7, 11) is 0. The van der Waals surface area contributed by atoms with Crippen molar-refractivity contribution in [2.45, 2.75) is 26.3 Å². The summed E-state index contributed by atoms with van der Waals surface area (Å²) in [6, 6.07) is 3.95. The van der Waals surface area contributed by atoms with Gasteiger partial charge < -0.3 is 20.3 Å². The summed E-state index contributed by atoms with van der Waals surface area (Å²) >= 11 is 0. The van der Waals surface area contributed by atoms with E-state index in [2.05, 4.69) is 5.32 Å². The monoisotopic (exact) mass is 267 g/mol.